The summed E-state index contributed by atoms with van der Waals surface area (Å²) in [7, 11) is 0. The molecular formula is C19H26N2O. The molecule has 2 fully saturated rings. The van der Waals surface area contributed by atoms with E-state index in [0.29, 0.717) is 17.9 Å². The van der Waals surface area contributed by atoms with Crippen LogP contribution in [0, 0.1) is 5.92 Å². The molecule has 1 amide bonds. The van der Waals surface area contributed by atoms with Gasteiger partial charge in [0.25, 0.3) is 0 Å². The Morgan fingerprint density at radius 1 is 1.09 bits per heavy atom. The molecule has 1 N–H and O–H groups in total. The predicted molar refractivity (Wildman–Crippen MR) is 87.8 cm³/mol. The van der Waals surface area contributed by atoms with Gasteiger partial charge in [-0.05, 0) is 56.2 Å². The lowest BCUT2D eigenvalue weighted by Gasteiger charge is -2.38. The molecule has 0 saturated carbocycles. The van der Waals surface area contributed by atoms with Crippen molar-refractivity contribution < 1.29 is 4.79 Å². The van der Waals surface area contributed by atoms with Crippen LogP contribution in [0.15, 0.2) is 24.3 Å². The average Bonchev–Trinajstić information content (AvgIpc) is 3.24. The molecule has 0 bridgehead atoms. The Labute approximate surface area is 133 Å². The number of aryl methyl sites for hydroxylation is 1. The molecule has 0 spiro atoms. The summed E-state index contributed by atoms with van der Waals surface area (Å²) in [6.45, 7) is 3.01. The molecule has 4 rings (SSSR count). The molecule has 3 nitrogen and oxygen atoms in total. The Hall–Kier alpha value is -1.35. The Kier molecular flexibility index (Phi) is 3.91. The van der Waals surface area contributed by atoms with Gasteiger partial charge in [-0.3, -0.25) is 4.79 Å². The summed E-state index contributed by atoms with van der Waals surface area (Å²) < 4.78 is 0. The lowest BCUT2D eigenvalue weighted by molar-refractivity contribution is -0.136. The van der Waals surface area contributed by atoms with Crippen LogP contribution in [0.5, 0.6) is 0 Å². The predicted octanol–water partition coefficient (Wildman–Crippen LogP) is 2.71. The van der Waals surface area contributed by atoms with Gasteiger partial charge >= 0.3 is 0 Å². The number of carbonyl (C=O) groups is 1. The standard InChI is InChI=1S/C19H26N2O/c22-19(21-12-3-4-13-21)17-8-5-11-20-18(17)16-10-9-14-6-1-2-7-15(14)16/h1-2,6-7,16-18,20H,3-5,8-13H2. The van der Waals surface area contributed by atoms with Gasteiger partial charge in [-0.1, -0.05) is 24.3 Å². The second-order valence-corrected chi connectivity index (χ2v) is 7.11. The van der Waals surface area contributed by atoms with Crippen molar-refractivity contribution in [2.75, 3.05) is 19.6 Å². The van der Waals surface area contributed by atoms with E-state index in [0.717, 1.165) is 32.5 Å². The largest absolute Gasteiger partial charge is 0.342 e. The van der Waals surface area contributed by atoms with E-state index in [1.165, 1.54) is 36.8 Å². The number of fused-ring (bicyclic) bond motifs is 1. The van der Waals surface area contributed by atoms with Gasteiger partial charge in [-0.2, -0.15) is 0 Å². The van der Waals surface area contributed by atoms with Gasteiger partial charge in [0.15, 0.2) is 0 Å². The normalized spacial score (nSPS) is 31.3. The molecule has 2 saturated heterocycles. The number of nitrogens with zero attached hydrogens (tertiary/aromatic N) is 1. The summed E-state index contributed by atoms with van der Waals surface area (Å²) in [5.74, 6) is 1.12. The van der Waals surface area contributed by atoms with E-state index < -0.39 is 0 Å². The zero-order valence-corrected chi connectivity index (χ0v) is 13.3. The number of nitrogens with one attached hydrogen (secondary N) is 1. The van der Waals surface area contributed by atoms with Crippen LogP contribution in [0.3, 0.4) is 0 Å². The smallest absolute Gasteiger partial charge is 0.227 e. The van der Waals surface area contributed by atoms with Gasteiger partial charge in [0.05, 0.1) is 5.92 Å². The van der Waals surface area contributed by atoms with Crippen molar-refractivity contribution in [3.63, 3.8) is 0 Å². The number of benzene rings is 1. The van der Waals surface area contributed by atoms with Gasteiger partial charge in [-0.25, -0.2) is 0 Å². The third kappa shape index (κ3) is 2.45. The van der Waals surface area contributed by atoms with Crippen LogP contribution in [-0.4, -0.2) is 36.5 Å². The summed E-state index contributed by atoms with van der Waals surface area (Å²) in [5, 5.41) is 3.71. The van der Waals surface area contributed by atoms with Crippen molar-refractivity contribution in [1.82, 2.24) is 10.2 Å². The van der Waals surface area contributed by atoms with E-state index in [4.69, 9.17) is 0 Å². The summed E-state index contributed by atoms with van der Waals surface area (Å²) in [6.07, 6.45) is 6.93. The van der Waals surface area contributed by atoms with Crippen molar-refractivity contribution in [2.45, 2.75) is 50.5 Å². The topological polar surface area (TPSA) is 32.3 Å². The van der Waals surface area contributed by atoms with E-state index in [1.807, 2.05) is 0 Å². The molecule has 0 aromatic heterocycles. The number of hydrogen-bond donors (Lipinski definition) is 1. The molecule has 3 heteroatoms. The minimum Gasteiger partial charge on any atom is -0.342 e. The highest BCUT2D eigenvalue weighted by Gasteiger charge is 2.40. The summed E-state index contributed by atoms with van der Waals surface area (Å²) >= 11 is 0. The number of carbonyl (C=O) groups excluding carboxylic acids is 1. The van der Waals surface area contributed by atoms with E-state index in [2.05, 4.69) is 34.5 Å². The number of piperidine rings is 1. The van der Waals surface area contributed by atoms with Crippen LogP contribution >= 0.6 is 0 Å². The number of amides is 1. The Bertz CT molecular complexity index is 550. The monoisotopic (exact) mass is 298 g/mol. The maximum Gasteiger partial charge on any atom is 0.227 e. The van der Waals surface area contributed by atoms with Crippen LogP contribution in [0.4, 0.5) is 0 Å². The molecule has 2 aliphatic heterocycles. The van der Waals surface area contributed by atoms with Gasteiger partial charge < -0.3 is 10.2 Å². The van der Waals surface area contributed by atoms with Gasteiger partial charge in [0, 0.05) is 25.0 Å². The molecule has 3 unspecified atom stereocenters. The fourth-order valence-corrected chi connectivity index (χ4v) is 4.75. The van der Waals surface area contributed by atoms with Crippen molar-refractivity contribution in [2.24, 2.45) is 5.92 Å². The second-order valence-electron chi connectivity index (χ2n) is 7.11. The van der Waals surface area contributed by atoms with Crippen molar-refractivity contribution in [1.29, 1.82) is 0 Å². The first-order valence-corrected chi connectivity index (χ1v) is 8.94. The van der Waals surface area contributed by atoms with Gasteiger partial charge in [0.2, 0.25) is 5.91 Å². The van der Waals surface area contributed by atoms with Crippen molar-refractivity contribution in [3.05, 3.63) is 35.4 Å². The maximum atomic E-state index is 13.0. The summed E-state index contributed by atoms with van der Waals surface area (Å²) in [4.78, 5) is 15.1. The zero-order chi connectivity index (χ0) is 14.9. The van der Waals surface area contributed by atoms with Crippen LogP contribution in [0.25, 0.3) is 0 Å². The molecule has 0 radical (unpaired) electrons. The molecule has 3 aliphatic rings. The van der Waals surface area contributed by atoms with Crippen LogP contribution in [-0.2, 0) is 11.2 Å². The lowest BCUT2D eigenvalue weighted by Crippen LogP contribution is -2.51. The minimum absolute atomic E-state index is 0.183. The SMILES string of the molecule is O=C(C1CCCNC1C1CCc2ccccc21)N1CCCC1. The fourth-order valence-electron chi connectivity index (χ4n) is 4.75. The molecule has 1 aromatic rings. The highest BCUT2D eigenvalue weighted by atomic mass is 16.2. The molecule has 3 atom stereocenters. The van der Waals surface area contributed by atoms with E-state index in [-0.39, 0.29) is 5.92 Å². The molecule has 2 heterocycles. The molecule has 1 aliphatic carbocycles. The van der Waals surface area contributed by atoms with Gasteiger partial charge in [0.1, 0.15) is 0 Å². The van der Waals surface area contributed by atoms with Gasteiger partial charge in [-0.15, -0.1) is 0 Å². The first-order chi connectivity index (χ1) is 10.8. The average molecular weight is 298 g/mol. The fraction of sp³-hybridized carbons (Fsp3) is 0.632. The molecular weight excluding hydrogens is 272 g/mol. The number of likely N-dealkylation sites (tertiary alicyclic amines) is 1. The summed E-state index contributed by atoms with van der Waals surface area (Å²) in [6, 6.07) is 9.17. The first kappa shape index (κ1) is 14.3. The minimum atomic E-state index is 0.183. The van der Waals surface area contributed by atoms with E-state index >= 15 is 0 Å². The molecule has 118 valence electrons. The number of rotatable bonds is 2. The van der Waals surface area contributed by atoms with Crippen molar-refractivity contribution in [3.8, 4) is 0 Å². The first-order valence-electron chi connectivity index (χ1n) is 8.94. The number of hydrogen-bond acceptors (Lipinski definition) is 2. The van der Waals surface area contributed by atoms with Crippen LogP contribution in [0.2, 0.25) is 0 Å². The lowest BCUT2D eigenvalue weighted by atomic mass is 9.79. The highest BCUT2D eigenvalue weighted by molar-refractivity contribution is 5.80. The Morgan fingerprint density at radius 3 is 2.77 bits per heavy atom. The van der Waals surface area contributed by atoms with Crippen LogP contribution < -0.4 is 5.32 Å². The third-order valence-electron chi connectivity index (χ3n) is 5.85. The molecule has 22 heavy (non-hydrogen) atoms. The second kappa shape index (κ2) is 6.04. The zero-order valence-electron chi connectivity index (χ0n) is 13.3. The van der Waals surface area contributed by atoms with E-state index in [9.17, 15) is 4.79 Å². The van der Waals surface area contributed by atoms with Crippen molar-refractivity contribution >= 4 is 5.91 Å². The Balaban J connectivity index is 1.57. The van der Waals surface area contributed by atoms with Crippen LogP contribution in [0.1, 0.15) is 49.1 Å². The van der Waals surface area contributed by atoms with E-state index in [1.54, 1.807) is 0 Å². The maximum absolute atomic E-state index is 13.0. The Morgan fingerprint density at radius 2 is 1.91 bits per heavy atom. The molecule has 1 aromatic carbocycles. The quantitative estimate of drug-likeness (QED) is 0.910. The summed E-state index contributed by atoms with van der Waals surface area (Å²) in [5.41, 5.74) is 2.98. The third-order valence-corrected chi connectivity index (χ3v) is 5.85. The highest BCUT2D eigenvalue weighted by Crippen LogP contribution is 2.40.